The van der Waals surface area contributed by atoms with Gasteiger partial charge in [-0.25, -0.2) is 4.79 Å². The maximum Gasteiger partial charge on any atom is 0.362 e. The Morgan fingerprint density at radius 2 is 0.934 bits per heavy atom. The van der Waals surface area contributed by atoms with Crippen LogP contribution in [0.3, 0.4) is 0 Å². The Morgan fingerprint density at radius 3 is 1.41 bits per heavy atom. The van der Waals surface area contributed by atoms with E-state index < -0.39 is 18.1 Å². The van der Waals surface area contributed by atoms with Crippen LogP contribution in [0.15, 0.2) is 97.2 Å². The van der Waals surface area contributed by atoms with Crippen LogP contribution in [0.5, 0.6) is 0 Å². The Kier molecular flexibility index (Phi) is 40.3. The largest absolute Gasteiger partial charge is 0.477 e. The minimum atomic E-state index is -0.889. The van der Waals surface area contributed by atoms with Gasteiger partial charge >= 0.3 is 17.9 Å². The first-order chi connectivity index (χ1) is 29.6. The topological polar surface area (TPSA) is 99.1 Å². The molecule has 0 saturated heterocycles. The molecule has 0 amide bonds. The summed E-state index contributed by atoms with van der Waals surface area (Å²) in [6, 6.07) is -0.632. The molecule has 0 aliphatic heterocycles. The molecule has 0 spiro atoms. The number of carboxylic acid groups (broad SMARTS) is 1. The molecule has 0 aromatic rings. The number of carbonyl (C=O) groups is 3. The van der Waals surface area contributed by atoms with E-state index in [0.29, 0.717) is 19.3 Å². The Balaban J connectivity index is 4.42. The number of aliphatic carboxylic acids is 1. The molecule has 0 radical (unpaired) electrons. The Bertz CT molecular complexity index is 1310. The van der Waals surface area contributed by atoms with Gasteiger partial charge in [-0.15, -0.1) is 0 Å². The van der Waals surface area contributed by atoms with Crippen molar-refractivity contribution in [1.29, 1.82) is 0 Å². The van der Waals surface area contributed by atoms with Crippen LogP contribution in [0.25, 0.3) is 0 Å². The number of hydrogen-bond acceptors (Lipinski definition) is 6. The van der Waals surface area contributed by atoms with Gasteiger partial charge in [0.1, 0.15) is 6.61 Å². The molecule has 0 bridgehead atoms. The fraction of sp³-hybridized carbons (Fsp3) is 0.642. The van der Waals surface area contributed by atoms with E-state index in [4.69, 9.17) is 14.2 Å². The van der Waals surface area contributed by atoms with Gasteiger partial charge < -0.3 is 23.8 Å². The molecule has 61 heavy (non-hydrogen) atoms. The lowest BCUT2D eigenvalue weighted by Crippen LogP contribution is -2.50. The van der Waals surface area contributed by atoms with Gasteiger partial charge in [-0.05, 0) is 89.9 Å². The van der Waals surface area contributed by atoms with Gasteiger partial charge in [-0.1, -0.05) is 156 Å². The number of esters is 2. The van der Waals surface area contributed by atoms with Crippen LogP contribution < -0.4 is 0 Å². The molecule has 0 aromatic heterocycles. The number of quaternary nitrogens is 1. The molecular weight excluding hydrogens is 763 g/mol. The zero-order valence-corrected chi connectivity index (χ0v) is 39.3. The first-order valence-electron chi connectivity index (χ1n) is 23.8. The summed E-state index contributed by atoms with van der Waals surface area (Å²) in [6.07, 6.45) is 57.4. The van der Waals surface area contributed by atoms with E-state index >= 15 is 0 Å². The molecule has 0 heterocycles. The van der Waals surface area contributed by atoms with Gasteiger partial charge in [0, 0.05) is 19.3 Å². The van der Waals surface area contributed by atoms with Crippen molar-refractivity contribution >= 4 is 17.9 Å². The molecule has 0 rings (SSSR count). The summed E-state index contributed by atoms with van der Waals surface area (Å²) in [5, 5.41) is 9.64. The first kappa shape index (κ1) is 57.2. The van der Waals surface area contributed by atoms with Crippen LogP contribution >= 0.6 is 0 Å². The molecule has 0 aliphatic rings. The highest BCUT2D eigenvalue weighted by Gasteiger charge is 2.31. The zero-order chi connectivity index (χ0) is 44.9. The Hall–Kier alpha value is -3.75. The second kappa shape index (κ2) is 42.9. The van der Waals surface area contributed by atoms with Crippen molar-refractivity contribution in [2.24, 2.45) is 0 Å². The molecular formula is C53H88NO7+. The lowest BCUT2D eigenvalue weighted by Gasteiger charge is -2.31. The predicted octanol–water partition coefficient (Wildman–Crippen LogP) is 13.5. The average molecular weight is 851 g/mol. The quantitative estimate of drug-likeness (QED) is 0.0283. The fourth-order valence-electron chi connectivity index (χ4n) is 6.31. The molecule has 0 aromatic carbocycles. The first-order valence-corrected chi connectivity index (χ1v) is 23.8. The third-order valence-corrected chi connectivity index (χ3v) is 9.97. The van der Waals surface area contributed by atoms with Crippen LogP contribution in [-0.4, -0.2) is 80.6 Å². The molecule has 0 fully saturated rings. The van der Waals surface area contributed by atoms with Crippen LogP contribution in [0.2, 0.25) is 0 Å². The van der Waals surface area contributed by atoms with Gasteiger partial charge in [0.2, 0.25) is 0 Å². The van der Waals surface area contributed by atoms with Crippen molar-refractivity contribution in [3.05, 3.63) is 97.2 Å². The number of unbranched alkanes of at least 4 members (excludes halogenated alkanes) is 11. The molecule has 8 nitrogen and oxygen atoms in total. The van der Waals surface area contributed by atoms with E-state index in [1.807, 2.05) is 21.1 Å². The van der Waals surface area contributed by atoms with Gasteiger partial charge in [-0.2, -0.15) is 0 Å². The normalized spacial score (nSPS) is 13.8. The molecule has 2 atom stereocenters. The SMILES string of the molecule is CC/C=C/C/C=C/C/C=C/C/C=C/CCCCCCCCCC(=O)OCC(COCCC(C(=O)O)[N+](C)(C)C)OC(=O)CCC/C=C/C/C=C/C/C=C/C/C=C/CCCCC. The molecule has 1 N–H and O–H groups in total. The van der Waals surface area contributed by atoms with Gasteiger partial charge in [0.15, 0.2) is 12.1 Å². The highest BCUT2D eigenvalue weighted by Crippen LogP contribution is 2.13. The Morgan fingerprint density at radius 1 is 0.508 bits per heavy atom. The predicted molar refractivity (Wildman–Crippen MR) is 256 cm³/mol. The van der Waals surface area contributed by atoms with Gasteiger partial charge in [0.25, 0.3) is 0 Å². The van der Waals surface area contributed by atoms with Crippen molar-refractivity contribution < 1.29 is 38.2 Å². The van der Waals surface area contributed by atoms with E-state index in [1.165, 1.54) is 44.9 Å². The smallest absolute Gasteiger partial charge is 0.362 e. The van der Waals surface area contributed by atoms with E-state index in [9.17, 15) is 19.5 Å². The number of hydrogen-bond donors (Lipinski definition) is 1. The van der Waals surface area contributed by atoms with Crippen molar-refractivity contribution in [2.75, 3.05) is 41.0 Å². The minimum Gasteiger partial charge on any atom is -0.477 e. The highest BCUT2D eigenvalue weighted by molar-refractivity contribution is 5.72. The molecule has 0 saturated carbocycles. The number of nitrogens with zero attached hydrogens (tertiary/aromatic N) is 1. The van der Waals surface area contributed by atoms with Crippen LogP contribution in [-0.2, 0) is 28.6 Å². The molecule has 0 aliphatic carbocycles. The van der Waals surface area contributed by atoms with E-state index in [1.54, 1.807) is 0 Å². The maximum absolute atomic E-state index is 12.7. The second-order valence-electron chi connectivity index (χ2n) is 16.6. The van der Waals surface area contributed by atoms with Crippen molar-refractivity contribution in [1.82, 2.24) is 0 Å². The summed E-state index contributed by atoms with van der Waals surface area (Å²) in [5.41, 5.74) is 0. The van der Waals surface area contributed by atoms with Crippen molar-refractivity contribution in [3.63, 3.8) is 0 Å². The zero-order valence-electron chi connectivity index (χ0n) is 39.3. The molecule has 8 heteroatoms. The third-order valence-electron chi connectivity index (χ3n) is 9.97. The number of allylic oxidation sites excluding steroid dienone is 16. The minimum absolute atomic E-state index is 0.0297. The number of carboxylic acids is 1. The summed E-state index contributed by atoms with van der Waals surface area (Å²) in [4.78, 5) is 37.1. The lowest BCUT2D eigenvalue weighted by atomic mass is 10.1. The average Bonchev–Trinajstić information content (AvgIpc) is 3.22. The maximum atomic E-state index is 12.7. The monoisotopic (exact) mass is 851 g/mol. The van der Waals surface area contributed by atoms with Gasteiger partial charge in [-0.3, -0.25) is 9.59 Å². The summed E-state index contributed by atoms with van der Waals surface area (Å²) in [6.45, 7) is 4.51. The number of carbonyl (C=O) groups excluding carboxylic acids is 2. The Labute approximate surface area is 373 Å². The number of ether oxygens (including phenoxy) is 3. The second-order valence-corrected chi connectivity index (χ2v) is 16.6. The third kappa shape index (κ3) is 41.4. The summed E-state index contributed by atoms with van der Waals surface area (Å²) in [5.74, 6) is -1.57. The standard InChI is InChI=1S/C53H87NO7/c1-6-8-10-12-14-16-18-20-22-24-25-26-28-29-31-33-35-37-39-41-43-51(55)60-48-49(47-59-46-45-50(53(57)58)54(3,4)5)61-52(56)44-42-40-38-36-34-32-30-27-23-21-19-17-15-13-11-9-7-2/h8,10,14-17,20-23,25-26,30,32,36,38,49-50H,6-7,9,11-13,18-19,24,27-29,31,33-35,37,39-48H2,1-5H3/p+1/b10-8+,16-14+,17-15+,22-20+,23-21+,26-25+,32-30+,38-36+. The van der Waals surface area contributed by atoms with E-state index in [-0.39, 0.29) is 42.7 Å². The molecule has 346 valence electrons. The van der Waals surface area contributed by atoms with E-state index in [0.717, 1.165) is 83.5 Å². The summed E-state index contributed by atoms with van der Waals surface area (Å²) < 4.78 is 17.2. The molecule has 2 unspecified atom stereocenters. The van der Waals surface area contributed by atoms with Gasteiger partial charge in [0.05, 0.1) is 34.4 Å². The fourth-order valence-corrected chi connectivity index (χ4v) is 6.31. The summed E-state index contributed by atoms with van der Waals surface area (Å²) >= 11 is 0. The van der Waals surface area contributed by atoms with Crippen molar-refractivity contribution in [3.8, 4) is 0 Å². The number of likely N-dealkylation sites (N-methyl/N-ethyl adjacent to an activating group) is 1. The lowest BCUT2D eigenvalue weighted by molar-refractivity contribution is -0.887. The van der Waals surface area contributed by atoms with Crippen molar-refractivity contribution in [2.45, 2.75) is 180 Å². The summed E-state index contributed by atoms with van der Waals surface area (Å²) in [7, 11) is 5.50. The van der Waals surface area contributed by atoms with E-state index in [2.05, 4.69) is 111 Å². The van der Waals surface area contributed by atoms with Crippen LogP contribution in [0, 0.1) is 0 Å². The number of rotatable bonds is 41. The highest BCUT2D eigenvalue weighted by atomic mass is 16.6. The van der Waals surface area contributed by atoms with Crippen LogP contribution in [0.4, 0.5) is 0 Å². The van der Waals surface area contributed by atoms with Crippen LogP contribution in [0.1, 0.15) is 168 Å².